The van der Waals surface area contributed by atoms with Crippen molar-refractivity contribution in [3.63, 3.8) is 0 Å². The summed E-state index contributed by atoms with van der Waals surface area (Å²) in [6.45, 7) is 11.0. The van der Waals surface area contributed by atoms with E-state index in [0.717, 1.165) is 32.9 Å². The number of benzene rings is 2. The van der Waals surface area contributed by atoms with Crippen molar-refractivity contribution < 1.29 is 9.16 Å². The van der Waals surface area contributed by atoms with Gasteiger partial charge >= 0.3 is 0 Å². The molecule has 1 heterocycles. The number of ether oxygens (including phenoxy) is 1. The largest absolute Gasteiger partial charge is 0.407 e. The lowest BCUT2D eigenvalue weighted by Gasteiger charge is -2.22. The van der Waals surface area contributed by atoms with Crippen LogP contribution in [0.25, 0.3) is 0 Å². The van der Waals surface area contributed by atoms with Gasteiger partial charge in [0.05, 0.1) is 13.2 Å². The van der Waals surface area contributed by atoms with Gasteiger partial charge < -0.3 is 14.5 Å². The highest BCUT2D eigenvalue weighted by molar-refractivity contribution is 6.80. The first-order chi connectivity index (χ1) is 12.5. The van der Waals surface area contributed by atoms with Crippen LogP contribution in [0.15, 0.2) is 54.6 Å². The van der Waals surface area contributed by atoms with Gasteiger partial charge in [-0.15, -0.1) is 0 Å². The fraction of sp³-hybridized carbons (Fsp3) is 0.455. The van der Waals surface area contributed by atoms with Gasteiger partial charge in [0.2, 0.25) is 0 Å². The third-order valence-corrected chi connectivity index (χ3v) is 6.89. The molecule has 1 unspecified atom stereocenters. The quantitative estimate of drug-likeness (QED) is 0.822. The monoisotopic (exact) mass is 368 g/mol. The van der Waals surface area contributed by atoms with Crippen LogP contribution in [0.4, 0.5) is 0 Å². The molecule has 0 aromatic heterocycles. The molecular weight excluding hydrogens is 338 g/mol. The summed E-state index contributed by atoms with van der Waals surface area (Å²) in [6, 6.07) is 19.7. The molecular formula is C22H30NO2Si. The average molecular weight is 369 g/mol. The van der Waals surface area contributed by atoms with E-state index in [1.54, 1.807) is 0 Å². The average Bonchev–Trinajstić information content (AvgIpc) is 2.91. The van der Waals surface area contributed by atoms with Crippen LogP contribution in [0.3, 0.4) is 0 Å². The molecule has 2 aromatic rings. The highest BCUT2D eigenvalue weighted by Crippen LogP contribution is 2.20. The van der Waals surface area contributed by atoms with E-state index >= 15 is 0 Å². The molecule has 3 nitrogen and oxygen atoms in total. The lowest BCUT2D eigenvalue weighted by Crippen LogP contribution is -2.46. The van der Waals surface area contributed by atoms with Crippen molar-refractivity contribution in [2.75, 3.05) is 32.9 Å². The minimum absolute atomic E-state index is 0.169. The zero-order valence-electron chi connectivity index (χ0n) is 16.1. The van der Waals surface area contributed by atoms with E-state index in [0.29, 0.717) is 5.92 Å². The van der Waals surface area contributed by atoms with Crippen molar-refractivity contribution in [2.24, 2.45) is 5.92 Å². The summed E-state index contributed by atoms with van der Waals surface area (Å²) in [5.41, 5.74) is 1.53. The standard InChI is InChI=1S/C22H30NO2Si/c1-22(2,3)19-9-11-21(12-10-19)26(20-7-5-4-6-8-20)25-17-18-15-23-13-14-24-16-18/h4-12,18,23H,13-17H2,1-3H3. The zero-order valence-corrected chi connectivity index (χ0v) is 17.1. The summed E-state index contributed by atoms with van der Waals surface area (Å²) >= 11 is 0. The Kier molecular flexibility index (Phi) is 6.65. The molecule has 0 amide bonds. The van der Waals surface area contributed by atoms with Gasteiger partial charge in [-0.05, 0) is 21.4 Å². The van der Waals surface area contributed by atoms with Crippen LogP contribution < -0.4 is 15.7 Å². The molecule has 0 spiro atoms. The third-order valence-electron chi connectivity index (χ3n) is 4.72. The number of hydrogen-bond donors (Lipinski definition) is 1. The van der Waals surface area contributed by atoms with Crippen molar-refractivity contribution in [3.05, 3.63) is 60.2 Å². The Labute approximate surface area is 159 Å². The molecule has 2 aromatic carbocycles. The van der Waals surface area contributed by atoms with Crippen LogP contribution in [0.1, 0.15) is 26.3 Å². The van der Waals surface area contributed by atoms with Gasteiger partial charge in [-0.3, -0.25) is 0 Å². The first-order valence-electron chi connectivity index (χ1n) is 9.48. The van der Waals surface area contributed by atoms with Gasteiger partial charge in [-0.25, -0.2) is 0 Å². The Balaban J connectivity index is 1.77. The first-order valence-corrected chi connectivity index (χ1v) is 10.9. The van der Waals surface area contributed by atoms with Crippen molar-refractivity contribution in [1.29, 1.82) is 0 Å². The molecule has 3 rings (SSSR count). The summed E-state index contributed by atoms with van der Waals surface area (Å²) in [7, 11) is -1.26. The van der Waals surface area contributed by atoms with Crippen LogP contribution in [0.5, 0.6) is 0 Å². The van der Waals surface area contributed by atoms with Gasteiger partial charge in [0.1, 0.15) is 0 Å². The molecule has 1 saturated heterocycles. The normalized spacial score (nSPS) is 18.7. The fourth-order valence-electron chi connectivity index (χ4n) is 3.11. The topological polar surface area (TPSA) is 30.5 Å². The number of hydrogen-bond acceptors (Lipinski definition) is 3. The van der Waals surface area contributed by atoms with Crippen LogP contribution in [-0.2, 0) is 14.6 Å². The second-order valence-corrected chi connectivity index (χ2v) is 10.1. The lowest BCUT2D eigenvalue weighted by atomic mass is 9.87. The van der Waals surface area contributed by atoms with Gasteiger partial charge in [0, 0.05) is 25.6 Å². The minimum atomic E-state index is -1.26. The second-order valence-electron chi connectivity index (χ2n) is 7.98. The number of rotatable bonds is 5. The molecule has 1 aliphatic rings. The maximum absolute atomic E-state index is 6.52. The second kappa shape index (κ2) is 8.96. The molecule has 1 atom stereocenters. The summed E-state index contributed by atoms with van der Waals surface area (Å²) in [5.74, 6) is 0.412. The van der Waals surface area contributed by atoms with E-state index in [2.05, 4.69) is 80.7 Å². The van der Waals surface area contributed by atoms with Crippen LogP contribution in [0.2, 0.25) is 0 Å². The van der Waals surface area contributed by atoms with E-state index in [-0.39, 0.29) is 5.41 Å². The minimum Gasteiger partial charge on any atom is -0.407 e. The van der Waals surface area contributed by atoms with Gasteiger partial charge in [-0.1, -0.05) is 75.4 Å². The van der Waals surface area contributed by atoms with E-state index in [1.807, 2.05) is 0 Å². The smallest absolute Gasteiger partial charge is 0.282 e. The predicted octanol–water partition coefficient (Wildman–Crippen LogP) is 2.34. The summed E-state index contributed by atoms with van der Waals surface area (Å²) in [4.78, 5) is 0. The molecule has 1 radical (unpaired) electrons. The molecule has 26 heavy (non-hydrogen) atoms. The molecule has 0 saturated carbocycles. The van der Waals surface area contributed by atoms with Crippen LogP contribution >= 0.6 is 0 Å². The zero-order chi connectivity index (χ0) is 18.4. The SMILES string of the molecule is CC(C)(C)c1ccc([Si](OCC2CNCCOC2)c2ccccc2)cc1. The summed E-state index contributed by atoms with van der Waals surface area (Å²) < 4.78 is 12.2. The van der Waals surface area contributed by atoms with Crippen molar-refractivity contribution in [3.8, 4) is 0 Å². The van der Waals surface area contributed by atoms with Gasteiger partial charge in [0.25, 0.3) is 9.04 Å². The molecule has 0 aliphatic carbocycles. The maximum Gasteiger partial charge on any atom is 0.282 e. The lowest BCUT2D eigenvalue weighted by molar-refractivity contribution is 0.102. The molecule has 0 bridgehead atoms. The van der Waals surface area contributed by atoms with Crippen LogP contribution in [-0.4, -0.2) is 42.0 Å². The Bertz CT molecular complexity index is 659. The first kappa shape index (κ1) is 19.3. The fourth-order valence-corrected chi connectivity index (χ4v) is 5.15. The predicted molar refractivity (Wildman–Crippen MR) is 110 cm³/mol. The Hall–Kier alpha value is -1.46. The summed E-state index contributed by atoms with van der Waals surface area (Å²) in [6.07, 6.45) is 0. The molecule has 1 fully saturated rings. The Morgan fingerprint density at radius 3 is 2.42 bits per heavy atom. The molecule has 139 valence electrons. The number of nitrogens with one attached hydrogen (secondary N) is 1. The van der Waals surface area contributed by atoms with E-state index < -0.39 is 9.04 Å². The highest BCUT2D eigenvalue weighted by atomic mass is 28.3. The van der Waals surface area contributed by atoms with E-state index in [1.165, 1.54) is 15.9 Å². The van der Waals surface area contributed by atoms with E-state index in [9.17, 15) is 0 Å². The van der Waals surface area contributed by atoms with Crippen LogP contribution in [0, 0.1) is 5.92 Å². The Morgan fingerprint density at radius 1 is 1.04 bits per heavy atom. The molecule has 1 aliphatic heterocycles. The van der Waals surface area contributed by atoms with Gasteiger partial charge in [0.15, 0.2) is 0 Å². The molecule has 1 N–H and O–H groups in total. The van der Waals surface area contributed by atoms with Crippen molar-refractivity contribution in [2.45, 2.75) is 26.2 Å². The van der Waals surface area contributed by atoms with Crippen molar-refractivity contribution >= 4 is 19.4 Å². The third kappa shape index (κ3) is 5.27. The maximum atomic E-state index is 6.52. The Morgan fingerprint density at radius 2 is 1.73 bits per heavy atom. The highest BCUT2D eigenvalue weighted by Gasteiger charge is 2.23. The van der Waals surface area contributed by atoms with E-state index in [4.69, 9.17) is 9.16 Å². The summed E-state index contributed by atoms with van der Waals surface area (Å²) in [5, 5.41) is 6.03. The molecule has 4 heteroatoms. The van der Waals surface area contributed by atoms with Gasteiger partial charge in [-0.2, -0.15) is 0 Å². The van der Waals surface area contributed by atoms with Crippen molar-refractivity contribution in [1.82, 2.24) is 5.32 Å².